The first kappa shape index (κ1) is 26.6. The lowest BCUT2D eigenvalue weighted by molar-refractivity contribution is -0.134. The minimum atomic E-state index is -4.12. The smallest absolute Gasteiger partial charge is 0.327 e. The Balaban J connectivity index is 1.61. The van der Waals surface area contributed by atoms with Gasteiger partial charge in [-0.2, -0.15) is 0 Å². The normalized spacial score (nSPS) is 19.5. The van der Waals surface area contributed by atoms with Crippen molar-refractivity contribution in [1.82, 2.24) is 15.3 Å². The number of amides is 4. The molecule has 0 bridgehead atoms. The minimum absolute atomic E-state index is 0.0745. The number of benzene rings is 1. The van der Waals surface area contributed by atoms with E-state index in [-0.39, 0.29) is 62.6 Å². The molecule has 2 fully saturated rings. The monoisotopic (exact) mass is 509 g/mol. The van der Waals surface area contributed by atoms with Crippen LogP contribution in [0.4, 0.5) is 4.79 Å². The zero-order valence-electron chi connectivity index (χ0n) is 19.9. The summed E-state index contributed by atoms with van der Waals surface area (Å²) >= 11 is 0. The maximum atomic E-state index is 13.3. The van der Waals surface area contributed by atoms with E-state index in [2.05, 4.69) is 6.58 Å². The van der Waals surface area contributed by atoms with Crippen LogP contribution in [0.5, 0.6) is 5.75 Å². The molecular weight excluding hydrogens is 478 g/mol. The van der Waals surface area contributed by atoms with Crippen LogP contribution in [-0.2, 0) is 24.2 Å². The predicted octanol–water partition coefficient (Wildman–Crippen LogP) is 1.51. The highest BCUT2D eigenvalue weighted by atomic mass is 32.2. The second kappa shape index (κ2) is 10.3. The van der Waals surface area contributed by atoms with Gasteiger partial charge in [-0.1, -0.05) is 6.08 Å². The summed E-state index contributed by atoms with van der Waals surface area (Å²) in [5.74, 6) is -0.876. The zero-order valence-corrected chi connectivity index (χ0v) is 20.7. The molecule has 1 aromatic carbocycles. The lowest BCUT2D eigenvalue weighted by atomic mass is 9.98. The van der Waals surface area contributed by atoms with Gasteiger partial charge in [0.25, 0.3) is 11.8 Å². The molecule has 2 aliphatic heterocycles. The highest BCUT2D eigenvalue weighted by Crippen LogP contribution is 2.36. The van der Waals surface area contributed by atoms with Crippen LogP contribution in [0.1, 0.15) is 33.1 Å². The van der Waals surface area contributed by atoms with E-state index in [1.807, 2.05) is 0 Å². The van der Waals surface area contributed by atoms with Crippen molar-refractivity contribution in [2.75, 3.05) is 32.9 Å². The van der Waals surface area contributed by atoms with Crippen molar-refractivity contribution in [2.24, 2.45) is 0 Å². The molecule has 2 N–H and O–H groups in total. The van der Waals surface area contributed by atoms with Gasteiger partial charge in [-0.25, -0.2) is 18.7 Å². The van der Waals surface area contributed by atoms with Gasteiger partial charge in [-0.05, 0) is 57.4 Å². The third-order valence-electron chi connectivity index (χ3n) is 6.48. The molecule has 35 heavy (non-hydrogen) atoms. The molecule has 0 unspecified atom stereocenters. The summed E-state index contributed by atoms with van der Waals surface area (Å²) in [5, 5.41) is 9.13. The molecule has 0 spiro atoms. The summed E-state index contributed by atoms with van der Waals surface area (Å²) in [6, 6.07) is 5.25. The third kappa shape index (κ3) is 4.78. The Kier molecular flexibility index (Phi) is 7.87. The molecule has 2 saturated heterocycles. The van der Waals surface area contributed by atoms with Gasteiger partial charge in [0.1, 0.15) is 11.3 Å². The molecule has 0 aliphatic carbocycles. The molecule has 12 heteroatoms. The average molecular weight is 510 g/mol. The van der Waals surface area contributed by atoms with Gasteiger partial charge in [0, 0.05) is 26.3 Å². The van der Waals surface area contributed by atoms with Crippen LogP contribution < -0.4 is 10.2 Å². The van der Waals surface area contributed by atoms with Crippen LogP contribution in [-0.4, -0.2) is 84.5 Å². The number of nitrogens with zero attached hydrogens (tertiary/aromatic N) is 2. The molecule has 1 aromatic rings. The van der Waals surface area contributed by atoms with E-state index < -0.39 is 26.0 Å². The lowest BCUT2D eigenvalue weighted by Crippen LogP contribution is -2.54. The summed E-state index contributed by atoms with van der Waals surface area (Å²) < 4.78 is 35.6. The Morgan fingerprint density at radius 3 is 2.43 bits per heavy atom. The number of hydroxylamine groups is 1. The van der Waals surface area contributed by atoms with Crippen molar-refractivity contribution in [3.8, 4) is 5.75 Å². The Bertz CT molecular complexity index is 1080. The molecule has 4 amide bonds. The topological polar surface area (TPSA) is 143 Å². The molecule has 2 heterocycles. The Labute approximate surface area is 204 Å². The average Bonchev–Trinajstić information content (AvgIpc) is 3.01. The van der Waals surface area contributed by atoms with Crippen molar-refractivity contribution < 1.29 is 37.5 Å². The predicted molar refractivity (Wildman–Crippen MR) is 125 cm³/mol. The molecule has 3 rings (SSSR count). The molecule has 11 nitrogen and oxygen atoms in total. The summed E-state index contributed by atoms with van der Waals surface area (Å²) in [6.45, 7) is 7.83. The SMILES string of the molecule is C=CCN1C(=O)N(CCCOc2ccc(S(=O)(=O)C3(C(=O)NO)CCOCC3)cc2)C(=O)C1(C)C. The van der Waals surface area contributed by atoms with E-state index in [9.17, 15) is 22.8 Å². The Morgan fingerprint density at radius 2 is 1.86 bits per heavy atom. The van der Waals surface area contributed by atoms with Crippen molar-refractivity contribution in [3.05, 3.63) is 36.9 Å². The number of nitrogens with one attached hydrogen (secondary N) is 1. The first-order chi connectivity index (χ1) is 16.5. The number of sulfone groups is 1. The highest BCUT2D eigenvalue weighted by molar-refractivity contribution is 7.93. The fraction of sp³-hybridized carbons (Fsp3) is 0.522. The van der Waals surface area contributed by atoms with Gasteiger partial charge in [0.15, 0.2) is 14.6 Å². The first-order valence-corrected chi connectivity index (χ1v) is 12.8. The number of hydrogen-bond donors (Lipinski definition) is 2. The number of hydrogen-bond acceptors (Lipinski definition) is 8. The fourth-order valence-electron chi connectivity index (χ4n) is 4.32. The van der Waals surface area contributed by atoms with Crippen LogP contribution in [0.3, 0.4) is 0 Å². The maximum absolute atomic E-state index is 13.3. The first-order valence-electron chi connectivity index (χ1n) is 11.3. The van der Waals surface area contributed by atoms with Gasteiger partial charge in [0.05, 0.1) is 11.5 Å². The van der Waals surface area contributed by atoms with Crippen molar-refractivity contribution in [1.29, 1.82) is 0 Å². The summed E-state index contributed by atoms with van der Waals surface area (Å²) in [7, 11) is -4.12. The van der Waals surface area contributed by atoms with Gasteiger partial charge >= 0.3 is 6.03 Å². The fourth-order valence-corrected chi connectivity index (χ4v) is 6.26. The molecule has 192 valence electrons. The van der Waals surface area contributed by atoms with Crippen molar-refractivity contribution >= 4 is 27.7 Å². The molecular formula is C23H31N3O8S. The standard InChI is InChI=1S/C23H31N3O8S/c1-4-12-26-21(29)25(20(28)22(26,2)3)13-5-14-34-17-6-8-18(9-7-17)35(31,32)23(19(27)24-30)10-15-33-16-11-23/h4,6-9,30H,1,5,10-16H2,2-3H3,(H,24,27). The molecule has 0 saturated carbocycles. The van der Waals surface area contributed by atoms with E-state index in [0.717, 1.165) is 0 Å². The van der Waals surface area contributed by atoms with Crippen LogP contribution in [0.25, 0.3) is 0 Å². The second-order valence-electron chi connectivity index (χ2n) is 8.92. The van der Waals surface area contributed by atoms with Crippen LogP contribution >= 0.6 is 0 Å². The third-order valence-corrected chi connectivity index (χ3v) is 8.99. The molecule has 2 aliphatic rings. The lowest BCUT2D eigenvalue weighted by Gasteiger charge is -2.34. The van der Waals surface area contributed by atoms with Gasteiger partial charge in [-0.3, -0.25) is 19.7 Å². The summed E-state index contributed by atoms with van der Waals surface area (Å²) in [6.07, 6.45) is 1.81. The van der Waals surface area contributed by atoms with Gasteiger partial charge in [-0.15, -0.1) is 6.58 Å². The molecule has 0 radical (unpaired) electrons. The van der Waals surface area contributed by atoms with Crippen LogP contribution in [0.15, 0.2) is 41.8 Å². The highest BCUT2D eigenvalue weighted by Gasteiger charge is 2.52. The van der Waals surface area contributed by atoms with Crippen LogP contribution in [0.2, 0.25) is 0 Å². The van der Waals surface area contributed by atoms with Crippen molar-refractivity contribution in [3.63, 3.8) is 0 Å². The van der Waals surface area contributed by atoms with E-state index in [0.29, 0.717) is 12.2 Å². The van der Waals surface area contributed by atoms with E-state index in [4.69, 9.17) is 14.7 Å². The summed E-state index contributed by atoms with van der Waals surface area (Å²) in [5.41, 5.74) is 0.541. The van der Waals surface area contributed by atoms with Crippen molar-refractivity contribution in [2.45, 2.75) is 48.3 Å². The van der Waals surface area contributed by atoms with Crippen LogP contribution in [0, 0.1) is 0 Å². The van der Waals surface area contributed by atoms with E-state index >= 15 is 0 Å². The number of ether oxygens (including phenoxy) is 2. The summed E-state index contributed by atoms with van der Waals surface area (Å²) in [4.78, 5) is 40.1. The second-order valence-corrected chi connectivity index (χ2v) is 11.2. The molecule has 0 aromatic heterocycles. The van der Waals surface area contributed by atoms with Gasteiger partial charge in [0.2, 0.25) is 0 Å². The quantitative estimate of drug-likeness (QED) is 0.159. The number of urea groups is 1. The number of rotatable bonds is 10. The number of imide groups is 1. The number of carbonyl (C=O) groups excluding carboxylic acids is 3. The Morgan fingerprint density at radius 1 is 1.23 bits per heavy atom. The zero-order chi connectivity index (χ0) is 25.9. The number of carbonyl (C=O) groups is 3. The van der Waals surface area contributed by atoms with E-state index in [1.165, 1.54) is 39.5 Å². The minimum Gasteiger partial charge on any atom is -0.494 e. The van der Waals surface area contributed by atoms with E-state index in [1.54, 1.807) is 19.9 Å². The Hall–Kier alpha value is -2.96. The largest absolute Gasteiger partial charge is 0.494 e. The van der Waals surface area contributed by atoms with Gasteiger partial charge < -0.3 is 14.4 Å². The maximum Gasteiger partial charge on any atom is 0.327 e. The molecule has 0 atom stereocenters.